The first-order chi connectivity index (χ1) is 11.6. The molecule has 0 spiro atoms. The maximum Gasteiger partial charge on any atom is 0.337 e. The van der Waals surface area contributed by atoms with E-state index in [9.17, 15) is 9.59 Å². The van der Waals surface area contributed by atoms with Crippen molar-refractivity contribution < 1.29 is 19.1 Å². The van der Waals surface area contributed by atoms with Crippen LogP contribution in [0.2, 0.25) is 0 Å². The van der Waals surface area contributed by atoms with E-state index in [0.717, 1.165) is 42.1 Å². The Morgan fingerprint density at radius 2 is 1.88 bits per heavy atom. The molecular formula is C18H19NO4S. The first-order valence-corrected chi connectivity index (χ1v) is 8.91. The highest BCUT2D eigenvalue weighted by Gasteiger charge is 2.68. The standard InChI is InChI=1S/C18H19NO4S/c1-22-16(20)14-15(19-9-5-6-10-19)13-11-7-3-4-8-12(11)24-18(13,14)17(21)23-2/h3-4,7-8,13H,5-6,9-10H2,1-2H3/t13-,18+/m1/s1. The molecule has 1 aliphatic carbocycles. The van der Waals surface area contributed by atoms with E-state index in [1.807, 2.05) is 24.3 Å². The van der Waals surface area contributed by atoms with Crippen LogP contribution >= 0.6 is 11.8 Å². The number of esters is 2. The van der Waals surface area contributed by atoms with Gasteiger partial charge in [-0.15, -0.1) is 11.8 Å². The highest BCUT2D eigenvalue weighted by Crippen LogP contribution is 2.67. The van der Waals surface area contributed by atoms with Crippen molar-refractivity contribution in [2.75, 3.05) is 27.3 Å². The molecule has 2 atom stereocenters. The Balaban J connectivity index is 1.92. The number of allylic oxidation sites excluding steroid dienone is 1. The number of rotatable bonds is 3. The summed E-state index contributed by atoms with van der Waals surface area (Å²) in [6, 6.07) is 7.97. The summed E-state index contributed by atoms with van der Waals surface area (Å²) in [5, 5.41) is 0. The van der Waals surface area contributed by atoms with Crippen LogP contribution in [0.25, 0.3) is 0 Å². The van der Waals surface area contributed by atoms with Crippen molar-refractivity contribution in [3.05, 3.63) is 41.1 Å². The van der Waals surface area contributed by atoms with E-state index >= 15 is 0 Å². The van der Waals surface area contributed by atoms with Gasteiger partial charge in [0.2, 0.25) is 0 Å². The van der Waals surface area contributed by atoms with Gasteiger partial charge in [0.25, 0.3) is 0 Å². The van der Waals surface area contributed by atoms with Crippen LogP contribution in [0.4, 0.5) is 0 Å². The number of fused-ring (bicyclic) bond motifs is 3. The topological polar surface area (TPSA) is 55.8 Å². The summed E-state index contributed by atoms with van der Waals surface area (Å²) in [4.78, 5) is 28.6. The SMILES string of the molecule is COC(=O)C1=C(N2CCCC2)[C@H]2c3ccccc3S[C@]12C(=O)OC. The van der Waals surface area contributed by atoms with Gasteiger partial charge in [-0.3, -0.25) is 4.79 Å². The Morgan fingerprint density at radius 3 is 2.54 bits per heavy atom. The number of nitrogens with zero attached hydrogens (tertiary/aromatic N) is 1. The summed E-state index contributed by atoms with van der Waals surface area (Å²) >= 11 is 1.42. The van der Waals surface area contributed by atoms with Gasteiger partial charge in [-0.1, -0.05) is 18.2 Å². The molecule has 4 rings (SSSR count). The number of ether oxygens (including phenoxy) is 2. The number of hydrogen-bond acceptors (Lipinski definition) is 6. The van der Waals surface area contributed by atoms with E-state index in [1.54, 1.807) is 0 Å². The number of carbonyl (C=O) groups excluding carboxylic acids is 2. The summed E-state index contributed by atoms with van der Waals surface area (Å²) in [6.45, 7) is 1.83. The molecule has 0 amide bonds. The zero-order valence-corrected chi connectivity index (χ0v) is 14.5. The third-order valence-electron chi connectivity index (χ3n) is 5.13. The molecule has 6 heteroatoms. The third-order valence-corrected chi connectivity index (χ3v) is 6.65. The minimum absolute atomic E-state index is 0.140. The van der Waals surface area contributed by atoms with Gasteiger partial charge in [0.05, 0.1) is 25.7 Å². The van der Waals surface area contributed by atoms with E-state index in [2.05, 4.69) is 4.90 Å². The van der Waals surface area contributed by atoms with Crippen LogP contribution in [-0.4, -0.2) is 48.9 Å². The third kappa shape index (κ3) is 1.83. The summed E-state index contributed by atoms with van der Waals surface area (Å²) < 4.78 is 9.12. The van der Waals surface area contributed by atoms with Crippen molar-refractivity contribution in [1.29, 1.82) is 0 Å². The molecule has 0 unspecified atom stereocenters. The van der Waals surface area contributed by atoms with E-state index in [4.69, 9.17) is 9.47 Å². The van der Waals surface area contributed by atoms with Gasteiger partial charge in [0.15, 0.2) is 4.75 Å². The van der Waals surface area contributed by atoms with E-state index in [-0.39, 0.29) is 11.9 Å². The molecule has 3 aliphatic rings. The van der Waals surface area contributed by atoms with Gasteiger partial charge < -0.3 is 14.4 Å². The average Bonchev–Trinajstić information content (AvgIpc) is 3.20. The molecular weight excluding hydrogens is 326 g/mol. The Bertz CT molecular complexity index is 753. The second-order valence-corrected chi connectivity index (χ2v) is 7.53. The normalized spacial score (nSPS) is 27.4. The largest absolute Gasteiger partial charge is 0.468 e. The molecule has 0 N–H and O–H groups in total. The molecule has 126 valence electrons. The van der Waals surface area contributed by atoms with Crippen LogP contribution in [0.15, 0.2) is 40.4 Å². The lowest BCUT2D eigenvalue weighted by Crippen LogP contribution is -2.56. The number of benzene rings is 1. The van der Waals surface area contributed by atoms with Crippen LogP contribution in [-0.2, 0) is 19.1 Å². The monoisotopic (exact) mass is 345 g/mol. The highest BCUT2D eigenvalue weighted by molar-refractivity contribution is 8.02. The molecule has 0 radical (unpaired) electrons. The number of carbonyl (C=O) groups is 2. The van der Waals surface area contributed by atoms with Crippen molar-refractivity contribution in [3.8, 4) is 0 Å². The van der Waals surface area contributed by atoms with Gasteiger partial charge in [-0.25, -0.2) is 4.79 Å². The van der Waals surface area contributed by atoms with Crippen molar-refractivity contribution >= 4 is 23.7 Å². The van der Waals surface area contributed by atoms with Crippen molar-refractivity contribution in [3.63, 3.8) is 0 Å². The molecule has 1 aromatic carbocycles. The highest BCUT2D eigenvalue weighted by atomic mass is 32.2. The van der Waals surface area contributed by atoms with E-state index < -0.39 is 10.7 Å². The second-order valence-electron chi connectivity index (χ2n) is 6.25. The predicted octanol–water partition coefficient (Wildman–Crippen LogP) is 2.32. The predicted molar refractivity (Wildman–Crippen MR) is 89.6 cm³/mol. The number of methoxy groups -OCH3 is 2. The number of hydrogen-bond donors (Lipinski definition) is 0. The number of likely N-dealkylation sites (tertiary alicyclic amines) is 1. The van der Waals surface area contributed by atoms with Crippen LogP contribution in [0.5, 0.6) is 0 Å². The molecule has 2 heterocycles. The van der Waals surface area contributed by atoms with E-state index in [1.165, 1.54) is 26.0 Å². The van der Waals surface area contributed by atoms with Crippen LogP contribution < -0.4 is 0 Å². The van der Waals surface area contributed by atoms with Crippen molar-refractivity contribution in [2.45, 2.75) is 28.4 Å². The van der Waals surface area contributed by atoms with Crippen LogP contribution in [0.1, 0.15) is 24.3 Å². The summed E-state index contributed by atoms with van der Waals surface area (Å²) in [6.07, 6.45) is 2.20. The lowest BCUT2D eigenvalue weighted by molar-refractivity contribution is -0.147. The maximum absolute atomic E-state index is 12.8. The first kappa shape index (κ1) is 15.6. The summed E-state index contributed by atoms with van der Waals surface area (Å²) in [5.41, 5.74) is 2.51. The van der Waals surface area contributed by atoms with Gasteiger partial charge in [0.1, 0.15) is 0 Å². The zero-order chi connectivity index (χ0) is 16.9. The van der Waals surface area contributed by atoms with Crippen molar-refractivity contribution in [1.82, 2.24) is 4.90 Å². The molecule has 24 heavy (non-hydrogen) atoms. The molecule has 2 aliphatic heterocycles. The smallest absolute Gasteiger partial charge is 0.337 e. The van der Waals surface area contributed by atoms with E-state index in [0.29, 0.717) is 5.57 Å². The Hall–Kier alpha value is -1.95. The first-order valence-electron chi connectivity index (χ1n) is 8.09. The zero-order valence-electron chi connectivity index (χ0n) is 13.7. The molecule has 1 aromatic rings. The molecule has 1 fully saturated rings. The Labute approximate surface area is 145 Å². The van der Waals surface area contributed by atoms with Crippen LogP contribution in [0, 0.1) is 0 Å². The minimum Gasteiger partial charge on any atom is -0.468 e. The number of thioether (sulfide) groups is 1. The molecule has 1 saturated heterocycles. The Kier molecular flexibility index (Phi) is 3.60. The molecule has 0 bridgehead atoms. The van der Waals surface area contributed by atoms with Gasteiger partial charge >= 0.3 is 11.9 Å². The maximum atomic E-state index is 12.8. The van der Waals surface area contributed by atoms with Gasteiger partial charge in [-0.2, -0.15) is 0 Å². The lowest BCUT2D eigenvalue weighted by atomic mass is 9.66. The Morgan fingerprint density at radius 1 is 1.17 bits per heavy atom. The fraction of sp³-hybridized carbons (Fsp3) is 0.444. The van der Waals surface area contributed by atoms with Crippen LogP contribution in [0.3, 0.4) is 0 Å². The second kappa shape index (κ2) is 5.55. The lowest BCUT2D eigenvalue weighted by Gasteiger charge is -2.47. The van der Waals surface area contributed by atoms with Crippen molar-refractivity contribution in [2.24, 2.45) is 0 Å². The molecule has 0 saturated carbocycles. The molecule has 0 aromatic heterocycles. The summed E-state index contributed by atoms with van der Waals surface area (Å²) in [5.74, 6) is -0.950. The summed E-state index contributed by atoms with van der Waals surface area (Å²) in [7, 11) is 2.74. The fourth-order valence-corrected chi connectivity index (χ4v) is 5.74. The molecule has 5 nitrogen and oxygen atoms in total. The average molecular weight is 345 g/mol. The van der Waals surface area contributed by atoms with Gasteiger partial charge in [-0.05, 0) is 24.5 Å². The van der Waals surface area contributed by atoms with Gasteiger partial charge in [0, 0.05) is 23.7 Å². The fourth-order valence-electron chi connectivity index (χ4n) is 4.13. The minimum atomic E-state index is -1.01. The quantitative estimate of drug-likeness (QED) is 0.784.